The zero-order chi connectivity index (χ0) is 15.5. The predicted molar refractivity (Wildman–Crippen MR) is 88.6 cm³/mol. The molecule has 0 aliphatic heterocycles. The van der Waals surface area contributed by atoms with E-state index in [1.54, 1.807) is 24.4 Å². The van der Waals surface area contributed by atoms with Gasteiger partial charge in [0.25, 0.3) is 0 Å². The number of rotatable bonds is 3. The number of hydrogen-bond donors (Lipinski definition) is 1. The molecule has 4 heteroatoms. The summed E-state index contributed by atoms with van der Waals surface area (Å²) in [6, 6.07) is 18.5. The molecule has 0 radical (unpaired) electrons. The molecule has 0 saturated heterocycles. The zero-order valence-electron chi connectivity index (χ0n) is 11.7. The molecule has 22 heavy (non-hydrogen) atoms. The van der Waals surface area contributed by atoms with Gasteiger partial charge in [0.1, 0.15) is 0 Å². The molecule has 0 spiro atoms. The van der Waals surface area contributed by atoms with Crippen molar-refractivity contribution >= 4 is 17.5 Å². The van der Waals surface area contributed by atoms with Crippen molar-refractivity contribution < 1.29 is 4.79 Å². The second-order valence-corrected chi connectivity index (χ2v) is 5.23. The number of benzene rings is 2. The highest BCUT2D eigenvalue weighted by Gasteiger charge is 2.12. The summed E-state index contributed by atoms with van der Waals surface area (Å²) in [5.74, 6) is -0.454. The van der Waals surface area contributed by atoms with E-state index in [2.05, 4.69) is 4.98 Å². The predicted octanol–water partition coefficient (Wildman–Crippen LogP) is 4.17. The SMILES string of the molecule is NC(=O)c1ccccc1-c1ccc(Cl)c(-c2ccccn2)c1. The molecule has 0 saturated carbocycles. The van der Waals surface area contributed by atoms with Crippen LogP contribution in [0.1, 0.15) is 10.4 Å². The number of amides is 1. The minimum absolute atomic E-state index is 0.454. The van der Waals surface area contributed by atoms with Crippen molar-refractivity contribution in [2.75, 3.05) is 0 Å². The standard InChI is InChI=1S/C18H13ClN2O/c19-16-9-8-12(11-15(16)17-7-3-4-10-21-17)13-5-1-2-6-14(13)18(20)22/h1-11H,(H2,20,22). The van der Waals surface area contributed by atoms with Gasteiger partial charge in [0.15, 0.2) is 0 Å². The van der Waals surface area contributed by atoms with Crippen molar-refractivity contribution in [3.8, 4) is 22.4 Å². The van der Waals surface area contributed by atoms with Crippen LogP contribution in [0.5, 0.6) is 0 Å². The third-order valence-corrected chi connectivity index (χ3v) is 3.74. The number of carbonyl (C=O) groups is 1. The average molecular weight is 309 g/mol. The maximum Gasteiger partial charge on any atom is 0.249 e. The van der Waals surface area contributed by atoms with Crippen molar-refractivity contribution in [3.05, 3.63) is 77.4 Å². The van der Waals surface area contributed by atoms with Crippen LogP contribution >= 0.6 is 11.6 Å². The van der Waals surface area contributed by atoms with Gasteiger partial charge >= 0.3 is 0 Å². The Kier molecular flexibility index (Phi) is 3.90. The summed E-state index contributed by atoms with van der Waals surface area (Å²) in [5, 5.41) is 0.610. The van der Waals surface area contributed by atoms with Crippen molar-refractivity contribution in [1.29, 1.82) is 0 Å². The van der Waals surface area contributed by atoms with Crippen LogP contribution < -0.4 is 5.73 Å². The Morgan fingerprint density at radius 3 is 2.45 bits per heavy atom. The molecule has 1 amide bonds. The molecule has 0 atom stereocenters. The Morgan fingerprint density at radius 1 is 0.955 bits per heavy atom. The first kappa shape index (κ1) is 14.3. The zero-order valence-corrected chi connectivity index (χ0v) is 12.4. The van der Waals surface area contributed by atoms with Crippen LogP contribution in [-0.4, -0.2) is 10.9 Å². The number of nitrogens with zero attached hydrogens (tertiary/aromatic N) is 1. The molecule has 3 aromatic rings. The highest BCUT2D eigenvalue weighted by atomic mass is 35.5. The number of carbonyl (C=O) groups excluding carboxylic acids is 1. The third kappa shape index (κ3) is 2.71. The van der Waals surface area contributed by atoms with Crippen molar-refractivity contribution in [2.45, 2.75) is 0 Å². The Hall–Kier alpha value is -2.65. The fourth-order valence-corrected chi connectivity index (χ4v) is 2.58. The lowest BCUT2D eigenvalue weighted by molar-refractivity contribution is 0.100. The van der Waals surface area contributed by atoms with E-state index in [1.165, 1.54) is 0 Å². The lowest BCUT2D eigenvalue weighted by atomic mass is 9.97. The van der Waals surface area contributed by atoms with Gasteiger partial charge in [-0.1, -0.05) is 41.9 Å². The number of pyridine rings is 1. The Morgan fingerprint density at radius 2 is 1.73 bits per heavy atom. The first-order chi connectivity index (χ1) is 10.7. The molecular formula is C18H13ClN2O. The fourth-order valence-electron chi connectivity index (χ4n) is 2.36. The van der Waals surface area contributed by atoms with Crippen LogP contribution in [0.2, 0.25) is 5.02 Å². The van der Waals surface area contributed by atoms with Gasteiger partial charge in [0, 0.05) is 22.3 Å². The second-order valence-electron chi connectivity index (χ2n) is 4.82. The Labute approximate surface area is 133 Å². The van der Waals surface area contributed by atoms with Crippen molar-refractivity contribution in [2.24, 2.45) is 5.73 Å². The lowest BCUT2D eigenvalue weighted by Crippen LogP contribution is -2.12. The minimum atomic E-state index is -0.454. The number of aromatic nitrogens is 1. The monoisotopic (exact) mass is 308 g/mol. The molecule has 0 aliphatic rings. The largest absolute Gasteiger partial charge is 0.366 e. The van der Waals surface area contributed by atoms with E-state index >= 15 is 0 Å². The molecule has 0 aliphatic carbocycles. The topological polar surface area (TPSA) is 56.0 Å². The van der Waals surface area contributed by atoms with Gasteiger partial charge in [0.2, 0.25) is 5.91 Å². The van der Waals surface area contributed by atoms with Crippen LogP contribution in [0.4, 0.5) is 0 Å². The minimum Gasteiger partial charge on any atom is -0.366 e. The summed E-state index contributed by atoms with van der Waals surface area (Å²) in [7, 11) is 0. The quantitative estimate of drug-likeness (QED) is 0.789. The first-order valence-electron chi connectivity index (χ1n) is 6.77. The van der Waals surface area contributed by atoms with E-state index < -0.39 is 5.91 Å². The third-order valence-electron chi connectivity index (χ3n) is 3.41. The molecule has 1 heterocycles. The Balaban J connectivity index is 2.17. The van der Waals surface area contributed by atoms with Crippen molar-refractivity contribution in [1.82, 2.24) is 4.98 Å². The van der Waals surface area contributed by atoms with Crippen LogP contribution in [0.3, 0.4) is 0 Å². The van der Waals surface area contributed by atoms with E-state index in [4.69, 9.17) is 17.3 Å². The summed E-state index contributed by atoms with van der Waals surface area (Å²) in [5.41, 5.74) is 9.19. The number of primary amides is 1. The Bertz CT molecular complexity index is 832. The lowest BCUT2D eigenvalue weighted by Gasteiger charge is -2.10. The fraction of sp³-hybridized carbons (Fsp3) is 0. The maximum absolute atomic E-state index is 11.6. The molecular weight excluding hydrogens is 296 g/mol. The first-order valence-corrected chi connectivity index (χ1v) is 7.15. The van der Waals surface area contributed by atoms with Gasteiger partial charge < -0.3 is 5.73 Å². The van der Waals surface area contributed by atoms with Gasteiger partial charge in [-0.25, -0.2) is 0 Å². The summed E-state index contributed by atoms with van der Waals surface area (Å²) >= 11 is 6.29. The van der Waals surface area contributed by atoms with Gasteiger partial charge in [-0.2, -0.15) is 0 Å². The molecule has 0 fully saturated rings. The smallest absolute Gasteiger partial charge is 0.249 e. The van der Waals surface area contributed by atoms with Crippen LogP contribution in [-0.2, 0) is 0 Å². The molecule has 2 N–H and O–H groups in total. The molecule has 3 rings (SSSR count). The number of nitrogens with two attached hydrogens (primary N) is 1. The van der Waals surface area contributed by atoms with E-state index in [0.29, 0.717) is 10.6 Å². The van der Waals surface area contributed by atoms with E-state index in [9.17, 15) is 4.79 Å². The van der Waals surface area contributed by atoms with E-state index in [-0.39, 0.29) is 0 Å². The van der Waals surface area contributed by atoms with E-state index in [0.717, 1.165) is 22.4 Å². The second kappa shape index (κ2) is 6.00. The molecule has 3 nitrogen and oxygen atoms in total. The summed E-state index contributed by atoms with van der Waals surface area (Å²) in [6.45, 7) is 0. The molecule has 0 unspecified atom stereocenters. The summed E-state index contributed by atoms with van der Waals surface area (Å²) < 4.78 is 0. The molecule has 0 bridgehead atoms. The maximum atomic E-state index is 11.6. The summed E-state index contributed by atoms with van der Waals surface area (Å²) in [4.78, 5) is 15.9. The highest BCUT2D eigenvalue weighted by molar-refractivity contribution is 6.33. The highest BCUT2D eigenvalue weighted by Crippen LogP contribution is 2.32. The average Bonchev–Trinajstić information content (AvgIpc) is 2.56. The molecule has 108 valence electrons. The van der Waals surface area contributed by atoms with Crippen molar-refractivity contribution in [3.63, 3.8) is 0 Å². The number of hydrogen-bond acceptors (Lipinski definition) is 2. The van der Waals surface area contributed by atoms with Crippen LogP contribution in [0.25, 0.3) is 22.4 Å². The molecule has 1 aromatic heterocycles. The van der Waals surface area contributed by atoms with Gasteiger partial charge in [0.05, 0.1) is 5.69 Å². The normalized spacial score (nSPS) is 10.4. The molecule has 2 aromatic carbocycles. The van der Waals surface area contributed by atoms with Gasteiger partial charge in [-0.15, -0.1) is 0 Å². The summed E-state index contributed by atoms with van der Waals surface area (Å²) in [6.07, 6.45) is 1.72. The van der Waals surface area contributed by atoms with E-state index in [1.807, 2.05) is 42.5 Å². The van der Waals surface area contributed by atoms with Gasteiger partial charge in [-0.3, -0.25) is 9.78 Å². The van der Waals surface area contributed by atoms with Gasteiger partial charge in [-0.05, 0) is 41.5 Å². The number of halogens is 1. The van der Waals surface area contributed by atoms with Crippen LogP contribution in [0.15, 0.2) is 66.9 Å². The van der Waals surface area contributed by atoms with Crippen LogP contribution in [0, 0.1) is 0 Å².